The number of carbonyl (C=O) groups excluding carboxylic acids is 1. The first-order chi connectivity index (χ1) is 10.6. The molecule has 116 valence electrons. The van der Waals surface area contributed by atoms with Crippen molar-refractivity contribution in [1.82, 2.24) is 5.32 Å². The fraction of sp³-hybridized carbons (Fsp3) is 0.278. The first kappa shape index (κ1) is 16.2. The van der Waals surface area contributed by atoms with E-state index in [-0.39, 0.29) is 17.8 Å². The highest BCUT2D eigenvalue weighted by Gasteiger charge is 2.16. The Labute approximate surface area is 130 Å². The van der Waals surface area contributed by atoms with Crippen molar-refractivity contribution in [3.63, 3.8) is 0 Å². The SMILES string of the molecule is C[C@H](OCc1ccccc1)C(=O)N[C@H](C)c1ccc(F)cc1. The second-order valence-corrected chi connectivity index (χ2v) is 5.22. The molecule has 0 saturated heterocycles. The monoisotopic (exact) mass is 301 g/mol. The van der Waals surface area contributed by atoms with E-state index in [4.69, 9.17) is 4.74 Å². The van der Waals surface area contributed by atoms with E-state index in [9.17, 15) is 9.18 Å². The van der Waals surface area contributed by atoms with Crippen LogP contribution in [0, 0.1) is 5.82 Å². The summed E-state index contributed by atoms with van der Waals surface area (Å²) in [6, 6.07) is 15.6. The molecule has 3 nitrogen and oxygen atoms in total. The molecular formula is C18H20FNO2. The maximum absolute atomic E-state index is 12.9. The summed E-state index contributed by atoms with van der Waals surface area (Å²) in [5.41, 5.74) is 1.87. The Morgan fingerprint density at radius 2 is 1.73 bits per heavy atom. The maximum atomic E-state index is 12.9. The van der Waals surface area contributed by atoms with Crippen molar-refractivity contribution in [3.8, 4) is 0 Å². The molecule has 22 heavy (non-hydrogen) atoms. The quantitative estimate of drug-likeness (QED) is 0.885. The fourth-order valence-corrected chi connectivity index (χ4v) is 2.04. The number of carbonyl (C=O) groups is 1. The summed E-state index contributed by atoms with van der Waals surface area (Å²) >= 11 is 0. The van der Waals surface area contributed by atoms with E-state index < -0.39 is 6.10 Å². The molecule has 0 aliphatic carbocycles. The third kappa shape index (κ3) is 4.67. The van der Waals surface area contributed by atoms with Crippen LogP contribution in [0.1, 0.15) is 31.0 Å². The molecule has 4 heteroatoms. The molecule has 0 radical (unpaired) electrons. The highest BCUT2D eigenvalue weighted by Crippen LogP contribution is 2.13. The number of nitrogens with one attached hydrogen (secondary N) is 1. The lowest BCUT2D eigenvalue weighted by Gasteiger charge is -2.18. The van der Waals surface area contributed by atoms with Gasteiger partial charge in [0.25, 0.3) is 0 Å². The van der Waals surface area contributed by atoms with Gasteiger partial charge in [-0.3, -0.25) is 4.79 Å². The van der Waals surface area contributed by atoms with Crippen LogP contribution in [0.25, 0.3) is 0 Å². The molecular weight excluding hydrogens is 281 g/mol. The predicted octanol–water partition coefficient (Wildman–Crippen LogP) is 3.61. The van der Waals surface area contributed by atoms with Crippen LogP contribution in [-0.2, 0) is 16.1 Å². The molecule has 0 aliphatic rings. The van der Waals surface area contributed by atoms with E-state index in [2.05, 4.69) is 5.32 Å². The smallest absolute Gasteiger partial charge is 0.249 e. The summed E-state index contributed by atoms with van der Waals surface area (Å²) in [5, 5.41) is 2.87. The van der Waals surface area contributed by atoms with Gasteiger partial charge in [0.2, 0.25) is 5.91 Å². The second kappa shape index (κ2) is 7.71. The topological polar surface area (TPSA) is 38.3 Å². The van der Waals surface area contributed by atoms with Crippen molar-refractivity contribution in [2.24, 2.45) is 0 Å². The highest BCUT2D eigenvalue weighted by molar-refractivity contribution is 5.80. The largest absolute Gasteiger partial charge is 0.364 e. The fourth-order valence-electron chi connectivity index (χ4n) is 2.04. The zero-order chi connectivity index (χ0) is 15.9. The van der Waals surface area contributed by atoms with Gasteiger partial charge in [-0.15, -0.1) is 0 Å². The standard InChI is InChI=1S/C18H20FNO2/c1-13(16-8-10-17(19)11-9-16)20-18(21)14(2)22-12-15-6-4-3-5-7-15/h3-11,13-14H,12H2,1-2H3,(H,20,21)/t13-,14+/m1/s1. The number of benzene rings is 2. The van der Waals surface area contributed by atoms with Gasteiger partial charge < -0.3 is 10.1 Å². The molecule has 0 aromatic heterocycles. The minimum Gasteiger partial charge on any atom is -0.364 e. The number of rotatable bonds is 6. The Kier molecular flexibility index (Phi) is 5.67. The molecule has 0 fully saturated rings. The lowest BCUT2D eigenvalue weighted by atomic mass is 10.1. The Morgan fingerprint density at radius 3 is 2.36 bits per heavy atom. The van der Waals surface area contributed by atoms with E-state index in [1.54, 1.807) is 19.1 Å². The lowest BCUT2D eigenvalue weighted by Crippen LogP contribution is -2.36. The number of hydrogen-bond donors (Lipinski definition) is 1. The Bertz CT molecular complexity index is 598. The molecule has 2 aromatic rings. The summed E-state index contributed by atoms with van der Waals surface area (Å²) in [4.78, 5) is 12.1. The van der Waals surface area contributed by atoms with Crippen LogP contribution in [0.2, 0.25) is 0 Å². The minimum atomic E-state index is -0.553. The zero-order valence-corrected chi connectivity index (χ0v) is 12.8. The van der Waals surface area contributed by atoms with E-state index in [0.717, 1.165) is 11.1 Å². The van der Waals surface area contributed by atoms with Gasteiger partial charge in [-0.25, -0.2) is 4.39 Å². The molecule has 0 spiro atoms. The number of hydrogen-bond acceptors (Lipinski definition) is 2. The van der Waals surface area contributed by atoms with Crippen molar-refractivity contribution in [2.45, 2.75) is 32.6 Å². The summed E-state index contributed by atoms with van der Waals surface area (Å²) < 4.78 is 18.5. The second-order valence-electron chi connectivity index (χ2n) is 5.22. The third-order valence-corrected chi connectivity index (χ3v) is 3.44. The summed E-state index contributed by atoms with van der Waals surface area (Å²) in [7, 11) is 0. The van der Waals surface area contributed by atoms with Crippen molar-refractivity contribution >= 4 is 5.91 Å². The van der Waals surface area contributed by atoms with Crippen molar-refractivity contribution in [3.05, 3.63) is 71.5 Å². The first-order valence-corrected chi connectivity index (χ1v) is 7.27. The van der Waals surface area contributed by atoms with E-state index in [1.165, 1.54) is 12.1 Å². The number of halogens is 1. The molecule has 0 unspecified atom stereocenters. The number of amides is 1. The average molecular weight is 301 g/mol. The van der Waals surface area contributed by atoms with Gasteiger partial charge in [0, 0.05) is 0 Å². The van der Waals surface area contributed by atoms with Crippen molar-refractivity contribution in [2.75, 3.05) is 0 Å². The lowest BCUT2D eigenvalue weighted by molar-refractivity contribution is -0.133. The maximum Gasteiger partial charge on any atom is 0.249 e. The minimum absolute atomic E-state index is 0.187. The normalized spacial score (nSPS) is 13.4. The van der Waals surface area contributed by atoms with Crippen LogP contribution >= 0.6 is 0 Å². The average Bonchev–Trinajstić information content (AvgIpc) is 2.54. The third-order valence-electron chi connectivity index (χ3n) is 3.44. The van der Waals surface area contributed by atoms with Crippen LogP contribution in [0.15, 0.2) is 54.6 Å². The Morgan fingerprint density at radius 1 is 1.09 bits per heavy atom. The molecule has 1 amide bonds. The van der Waals surface area contributed by atoms with Gasteiger partial charge in [-0.2, -0.15) is 0 Å². The molecule has 0 heterocycles. The van der Waals surface area contributed by atoms with Gasteiger partial charge in [0.15, 0.2) is 0 Å². The molecule has 2 rings (SSSR count). The van der Waals surface area contributed by atoms with E-state index >= 15 is 0 Å². The van der Waals surface area contributed by atoms with Crippen LogP contribution in [0.5, 0.6) is 0 Å². The van der Waals surface area contributed by atoms with Crippen molar-refractivity contribution < 1.29 is 13.9 Å². The summed E-state index contributed by atoms with van der Waals surface area (Å²) in [5.74, 6) is -0.477. The predicted molar refractivity (Wildman–Crippen MR) is 83.7 cm³/mol. The van der Waals surface area contributed by atoms with E-state index in [0.29, 0.717) is 6.61 Å². The summed E-state index contributed by atoms with van der Waals surface area (Å²) in [6.45, 7) is 3.96. The van der Waals surface area contributed by atoms with Gasteiger partial charge in [-0.05, 0) is 37.1 Å². The zero-order valence-electron chi connectivity index (χ0n) is 12.8. The van der Waals surface area contributed by atoms with Gasteiger partial charge in [0.1, 0.15) is 11.9 Å². The van der Waals surface area contributed by atoms with Crippen molar-refractivity contribution in [1.29, 1.82) is 0 Å². The molecule has 2 atom stereocenters. The highest BCUT2D eigenvalue weighted by atomic mass is 19.1. The molecule has 0 aliphatic heterocycles. The number of ether oxygens (including phenoxy) is 1. The van der Waals surface area contributed by atoms with Crippen LogP contribution in [0.3, 0.4) is 0 Å². The summed E-state index contributed by atoms with van der Waals surface area (Å²) in [6.07, 6.45) is -0.553. The molecule has 1 N–H and O–H groups in total. The molecule has 0 bridgehead atoms. The van der Waals surface area contributed by atoms with E-state index in [1.807, 2.05) is 37.3 Å². The molecule has 0 saturated carbocycles. The Hall–Kier alpha value is -2.20. The van der Waals surface area contributed by atoms with Crippen LogP contribution in [0.4, 0.5) is 4.39 Å². The van der Waals surface area contributed by atoms with Crippen LogP contribution < -0.4 is 5.32 Å². The van der Waals surface area contributed by atoms with Gasteiger partial charge in [-0.1, -0.05) is 42.5 Å². The first-order valence-electron chi connectivity index (χ1n) is 7.27. The van der Waals surface area contributed by atoms with Gasteiger partial charge in [0.05, 0.1) is 12.6 Å². The Balaban J connectivity index is 1.84. The van der Waals surface area contributed by atoms with Gasteiger partial charge >= 0.3 is 0 Å². The molecule has 2 aromatic carbocycles. The van der Waals surface area contributed by atoms with Crippen LogP contribution in [-0.4, -0.2) is 12.0 Å².